The summed E-state index contributed by atoms with van der Waals surface area (Å²) in [6.45, 7) is 9.21. The second-order valence-corrected chi connectivity index (χ2v) is 11.9. The van der Waals surface area contributed by atoms with Gasteiger partial charge in [0.25, 0.3) is 0 Å². The Kier molecular flexibility index (Phi) is 8.17. The number of ether oxygens (including phenoxy) is 1. The van der Waals surface area contributed by atoms with Crippen LogP contribution in [0.5, 0.6) is 0 Å². The monoisotopic (exact) mass is 534 g/mol. The van der Waals surface area contributed by atoms with Gasteiger partial charge in [-0.15, -0.1) is 0 Å². The predicted molar refractivity (Wildman–Crippen MR) is 141 cm³/mol. The summed E-state index contributed by atoms with van der Waals surface area (Å²) in [6, 6.07) is 7.59. The first-order chi connectivity index (χ1) is 17.6. The number of amides is 1. The Morgan fingerprint density at radius 1 is 1.16 bits per heavy atom. The highest BCUT2D eigenvalue weighted by atomic mass is 32.2. The van der Waals surface area contributed by atoms with Gasteiger partial charge in [0.2, 0.25) is 16.0 Å². The van der Waals surface area contributed by atoms with Crippen molar-refractivity contribution in [3.63, 3.8) is 0 Å². The van der Waals surface area contributed by atoms with E-state index in [4.69, 9.17) is 4.74 Å². The molecule has 0 saturated carbocycles. The van der Waals surface area contributed by atoms with Crippen LogP contribution in [0.25, 0.3) is 0 Å². The molecule has 2 atom stereocenters. The largest absolute Gasteiger partial charge is 0.447 e. The zero-order valence-corrected chi connectivity index (χ0v) is 22.5. The number of carbonyl (C=O) groups excluding carboxylic acids is 1. The minimum Gasteiger partial charge on any atom is -0.447 e. The van der Waals surface area contributed by atoms with Crippen LogP contribution in [0.15, 0.2) is 30.5 Å². The number of benzene rings is 1. The molecule has 4 rings (SSSR count). The molecule has 1 amide bonds. The first kappa shape index (κ1) is 27.1. The molecule has 0 unspecified atom stereocenters. The van der Waals surface area contributed by atoms with Crippen molar-refractivity contribution in [1.29, 1.82) is 0 Å². The Morgan fingerprint density at radius 2 is 1.84 bits per heavy atom. The van der Waals surface area contributed by atoms with Crippen LogP contribution in [0.1, 0.15) is 52.1 Å². The molecule has 0 spiro atoms. The first-order valence-corrected chi connectivity index (χ1v) is 14.3. The van der Waals surface area contributed by atoms with E-state index < -0.39 is 21.9 Å². The first-order valence-electron chi connectivity index (χ1n) is 12.7. The van der Waals surface area contributed by atoms with Crippen molar-refractivity contribution in [1.82, 2.24) is 14.7 Å². The van der Waals surface area contributed by atoms with Gasteiger partial charge in [-0.05, 0) is 50.3 Å². The van der Waals surface area contributed by atoms with E-state index in [0.717, 1.165) is 43.4 Å². The summed E-state index contributed by atoms with van der Waals surface area (Å²) in [6.07, 6.45) is 1.96. The Morgan fingerprint density at radius 3 is 2.46 bits per heavy atom. The molecule has 12 heteroatoms. The normalized spacial score (nSPS) is 19.8. The number of halogens is 1. The minimum absolute atomic E-state index is 0.0245. The SMILES string of the molecule is CCS(=O)(=O)NC1CCN(c2ccc([C@H](C)Nc3ncc(F)c(N4C(=O)OC[C@@H]4C(C)C)n3)cc2)CC1. The van der Waals surface area contributed by atoms with Crippen LogP contribution in [0.2, 0.25) is 0 Å². The molecule has 0 aliphatic carbocycles. The quantitative estimate of drug-likeness (QED) is 0.501. The highest BCUT2D eigenvalue weighted by Crippen LogP contribution is 2.29. The van der Waals surface area contributed by atoms with Crippen molar-refractivity contribution in [2.75, 3.05) is 40.6 Å². The molecule has 2 fully saturated rings. The van der Waals surface area contributed by atoms with Crippen LogP contribution in [-0.2, 0) is 14.8 Å². The summed E-state index contributed by atoms with van der Waals surface area (Å²) in [4.78, 5) is 24.2. The van der Waals surface area contributed by atoms with Gasteiger partial charge in [0, 0.05) is 24.8 Å². The van der Waals surface area contributed by atoms with Crippen LogP contribution in [0.4, 0.5) is 26.6 Å². The topological polar surface area (TPSA) is 117 Å². The van der Waals surface area contributed by atoms with E-state index in [9.17, 15) is 17.6 Å². The lowest BCUT2D eigenvalue weighted by molar-refractivity contribution is 0.177. The zero-order chi connectivity index (χ0) is 26.7. The van der Waals surface area contributed by atoms with E-state index >= 15 is 0 Å². The van der Waals surface area contributed by atoms with Crippen LogP contribution >= 0.6 is 0 Å². The van der Waals surface area contributed by atoms with Crippen molar-refractivity contribution in [3.05, 3.63) is 41.8 Å². The van der Waals surface area contributed by atoms with Crippen molar-refractivity contribution >= 4 is 33.6 Å². The minimum atomic E-state index is -3.19. The number of piperidine rings is 1. The van der Waals surface area contributed by atoms with Gasteiger partial charge < -0.3 is 15.0 Å². The van der Waals surface area contributed by atoms with Gasteiger partial charge in [-0.2, -0.15) is 4.98 Å². The fourth-order valence-corrected chi connectivity index (χ4v) is 5.52. The van der Waals surface area contributed by atoms with Gasteiger partial charge in [-0.3, -0.25) is 4.90 Å². The number of sulfonamides is 1. The van der Waals surface area contributed by atoms with Crippen LogP contribution in [0.3, 0.4) is 0 Å². The molecule has 2 aliphatic rings. The van der Waals surface area contributed by atoms with Gasteiger partial charge in [0.1, 0.15) is 6.61 Å². The Labute approximate surface area is 217 Å². The Bertz CT molecular complexity index is 1200. The molecule has 0 bridgehead atoms. The van der Waals surface area contributed by atoms with E-state index in [1.54, 1.807) is 6.92 Å². The molecule has 1 aromatic carbocycles. The molecule has 2 aromatic rings. The van der Waals surface area contributed by atoms with Crippen LogP contribution < -0.4 is 19.8 Å². The van der Waals surface area contributed by atoms with Gasteiger partial charge >= 0.3 is 6.09 Å². The van der Waals surface area contributed by atoms with E-state index in [-0.39, 0.29) is 48.2 Å². The average Bonchev–Trinajstić information content (AvgIpc) is 3.27. The third-order valence-electron chi connectivity index (χ3n) is 6.95. The van der Waals surface area contributed by atoms with Crippen LogP contribution in [-0.4, -0.2) is 62.0 Å². The highest BCUT2D eigenvalue weighted by molar-refractivity contribution is 7.89. The number of nitrogens with one attached hydrogen (secondary N) is 2. The van der Waals surface area contributed by atoms with E-state index in [2.05, 4.69) is 24.9 Å². The predicted octanol–water partition coefficient (Wildman–Crippen LogP) is 3.68. The maximum atomic E-state index is 14.6. The second-order valence-electron chi connectivity index (χ2n) is 9.86. The number of aromatic nitrogens is 2. The summed E-state index contributed by atoms with van der Waals surface area (Å²) in [5, 5.41) is 3.19. The molecule has 0 radical (unpaired) electrons. The van der Waals surface area contributed by atoms with Crippen molar-refractivity contribution in [2.45, 2.75) is 58.7 Å². The summed E-state index contributed by atoms with van der Waals surface area (Å²) in [7, 11) is -3.19. The number of hydrogen-bond donors (Lipinski definition) is 2. The molecule has 10 nitrogen and oxygen atoms in total. The summed E-state index contributed by atoms with van der Waals surface area (Å²) in [5.74, 6) is -0.397. The van der Waals surface area contributed by atoms with Crippen molar-refractivity contribution in [2.24, 2.45) is 5.92 Å². The molecule has 2 aliphatic heterocycles. The molecule has 202 valence electrons. The Balaban J connectivity index is 1.39. The van der Waals surface area contributed by atoms with Gasteiger partial charge in [0.05, 0.1) is 24.0 Å². The third kappa shape index (κ3) is 6.30. The van der Waals surface area contributed by atoms with E-state index in [1.165, 1.54) is 4.90 Å². The summed E-state index contributed by atoms with van der Waals surface area (Å²) >= 11 is 0. The fourth-order valence-electron chi connectivity index (χ4n) is 4.61. The molecule has 2 N–H and O–H groups in total. The number of cyclic esters (lactones) is 1. The number of hydrogen-bond acceptors (Lipinski definition) is 8. The molecule has 3 heterocycles. The fraction of sp³-hybridized carbons (Fsp3) is 0.560. The standard InChI is InChI=1S/C25H35FN6O4S/c1-5-37(34,35)30-19-10-12-31(13-11-19)20-8-6-18(7-9-20)17(4)28-24-27-14-21(26)23(29-24)32-22(16(2)3)15-36-25(32)33/h6-9,14,16-17,19,22,30H,5,10-13,15H2,1-4H3,(H,27,28,29)/t17-,22+/m0/s1. The van der Waals surface area contributed by atoms with Gasteiger partial charge in [-0.25, -0.2) is 27.3 Å². The molecule has 2 saturated heterocycles. The number of anilines is 3. The smallest absolute Gasteiger partial charge is 0.416 e. The van der Waals surface area contributed by atoms with E-state index in [0.29, 0.717) is 0 Å². The maximum Gasteiger partial charge on any atom is 0.416 e. The highest BCUT2D eigenvalue weighted by Gasteiger charge is 2.39. The zero-order valence-electron chi connectivity index (χ0n) is 21.6. The summed E-state index contributed by atoms with van der Waals surface area (Å²) in [5.41, 5.74) is 2.06. The van der Waals surface area contributed by atoms with Crippen LogP contribution in [0, 0.1) is 11.7 Å². The average molecular weight is 535 g/mol. The molecular weight excluding hydrogens is 499 g/mol. The Hall–Kier alpha value is -2.99. The van der Waals surface area contributed by atoms with Crippen molar-refractivity contribution < 1.29 is 22.3 Å². The molecular formula is C25H35FN6O4S. The summed E-state index contributed by atoms with van der Waals surface area (Å²) < 4.78 is 46.2. The molecule has 1 aromatic heterocycles. The second kappa shape index (κ2) is 11.2. The van der Waals surface area contributed by atoms with Gasteiger partial charge in [0.15, 0.2) is 11.6 Å². The number of nitrogens with zero attached hydrogens (tertiary/aromatic N) is 4. The number of rotatable bonds is 9. The third-order valence-corrected chi connectivity index (χ3v) is 8.41. The van der Waals surface area contributed by atoms with E-state index in [1.807, 2.05) is 45.0 Å². The van der Waals surface area contributed by atoms with Crippen molar-refractivity contribution in [3.8, 4) is 0 Å². The number of carbonyl (C=O) groups is 1. The lowest BCUT2D eigenvalue weighted by Crippen LogP contribution is -2.45. The molecule has 37 heavy (non-hydrogen) atoms. The maximum absolute atomic E-state index is 14.6. The van der Waals surface area contributed by atoms with Gasteiger partial charge in [-0.1, -0.05) is 26.0 Å². The lowest BCUT2D eigenvalue weighted by atomic mass is 10.0. The lowest BCUT2D eigenvalue weighted by Gasteiger charge is -2.34.